The Balaban J connectivity index is 1.48. The van der Waals surface area contributed by atoms with Gasteiger partial charge in [0.05, 0.1) is 11.3 Å². The highest BCUT2D eigenvalue weighted by Gasteiger charge is 2.23. The summed E-state index contributed by atoms with van der Waals surface area (Å²) in [7, 11) is 0. The number of nitrogens with zero attached hydrogens (tertiary/aromatic N) is 4. The number of fused-ring (bicyclic) bond motifs is 4. The normalized spacial score (nSPS) is 18.9. The van der Waals surface area contributed by atoms with Gasteiger partial charge in [-0.15, -0.1) is 10.2 Å². The molecular formula is C20H22N4O3S. The topological polar surface area (TPSA) is 69.0 Å². The van der Waals surface area contributed by atoms with Crippen molar-refractivity contribution in [3.63, 3.8) is 0 Å². The van der Waals surface area contributed by atoms with E-state index in [0.717, 1.165) is 58.3 Å². The van der Waals surface area contributed by atoms with Crippen molar-refractivity contribution in [1.29, 1.82) is 0 Å². The van der Waals surface area contributed by atoms with Crippen LogP contribution in [0.3, 0.4) is 0 Å². The lowest BCUT2D eigenvalue weighted by molar-refractivity contribution is -0.130. The Morgan fingerprint density at radius 2 is 2.07 bits per heavy atom. The molecule has 28 heavy (non-hydrogen) atoms. The third kappa shape index (κ3) is 2.96. The quantitative estimate of drug-likeness (QED) is 0.631. The minimum atomic E-state index is 0.169. The van der Waals surface area contributed by atoms with E-state index in [1.165, 1.54) is 18.2 Å². The van der Waals surface area contributed by atoms with Gasteiger partial charge in [-0.2, -0.15) is 0 Å². The largest absolute Gasteiger partial charge is 0.454 e. The molecule has 3 aromatic rings. The molecule has 2 aliphatic heterocycles. The third-order valence-corrected chi connectivity index (χ3v) is 6.37. The summed E-state index contributed by atoms with van der Waals surface area (Å²) in [6, 6.07) is 6.03. The summed E-state index contributed by atoms with van der Waals surface area (Å²) >= 11 is 1.44. The molecule has 2 aliphatic rings. The summed E-state index contributed by atoms with van der Waals surface area (Å²) in [4.78, 5) is 14.6. The van der Waals surface area contributed by atoms with Crippen LogP contribution in [0.2, 0.25) is 0 Å². The third-order valence-electron chi connectivity index (χ3n) is 5.46. The number of thioether (sulfide) groups is 1. The van der Waals surface area contributed by atoms with Gasteiger partial charge in [-0.25, -0.2) is 0 Å². The fourth-order valence-corrected chi connectivity index (χ4v) is 4.87. The molecule has 0 unspecified atom stereocenters. The number of hydrogen-bond acceptors (Lipinski definition) is 6. The van der Waals surface area contributed by atoms with E-state index in [0.29, 0.717) is 11.7 Å². The molecule has 0 aliphatic carbocycles. The van der Waals surface area contributed by atoms with Gasteiger partial charge in [-0.1, -0.05) is 18.7 Å². The molecule has 0 bridgehead atoms. The average Bonchev–Trinajstić information content (AvgIpc) is 3.31. The van der Waals surface area contributed by atoms with E-state index in [2.05, 4.69) is 23.2 Å². The van der Waals surface area contributed by atoms with E-state index in [4.69, 9.17) is 9.47 Å². The first-order valence-corrected chi connectivity index (χ1v) is 10.6. The Kier molecular flexibility index (Phi) is 4.30. The van der Waals surface area contributed by atoms with E-state index in [1.807, 2.05) is 28.4 Å². The number of amides is 1. The number of rotatable bonds is 3. The maximum atomic E-state index is 12.7. The second-order valence-corrected chi connectivity index (χ2v) is 8.55. The lowest BCUT2D eigenvalue weighted by atomic mass is 10.0. The number of carbonyl (C=O) groups excluding carboxylic acids is 1. The number of carbonyl (C=O) groups is 1. The van der Waals surface area contributed by atoms with Crippen LogP contribution in [0.4, 0.5) is 0 Å². The summed E-state index contributed by atoms with van der Waals surface area (Å²) in [5, 5.41) is 10.5. The lowest BCUT2D eigenvalue weighted by Crippen LogP contribution is -2.40. The smallest absolute Gasteiger partial charge is 0.233 e. The molecule has 2 aromatic heterocycles. The van der Waals surface area contributed by atoms with Crippen molar-refractivity contribution in [2.75, 3.05) is 25.6 Å². The van der Waals surface area contributed by atoms with Crippen molar-refractivity contribution in [3.8, 4) is 11.5 Å². The first kappa shape index (κ1) is 17.6. The molecule has 1 saturated heterocycles. The van der Waals surface area contributed by atoms with E-state index >= 15 is 0 Å². The maximum Gasteiger partial charge on any atom is 0.233 e. The molecule has 146 valence electrons. The standard InChI is InChI=1S/C20H22N4O3S/c1-12-4-3-5-23(9-12)18(25)10-28-20-22-21-19-13(2)6-14-7-16-17(27-11-26-16)8-15(14)24(19)20/h6-8,12H,3-5,9-11H2,1-2H3/t12-/m1/s1. The minimum Gasteiger partial charge on any atom is -0.454 e. The molecule has 1 atom stereocenters. The second kappa shape index (κ2) is 6.84. The van der Waals surface area contributed by atoms with E-state index in [-0.39, 0.29) is 12.7 Å². The van der Waals surface area contributed by atoms with Crippen LogP contribution < -0.4 is 9.47 Å². The van der Waals surface area contributed by atoms with Crippen LogP contribution in [-0.4, -0.2) is 51.0 Å². The molecule has 4 heterocycles. The van der Waals surface area contributed by atoms with Gasteiger partial charge in [-0.05, 0) is 43.4 Å². The highest BCUT2D eigenvalue weighted by Crippen LogP contribution is 2.37. The van der Waals surface area contributed by atoms with Gasteiger partial charge in [0.15, 0.2) is 22.3 Å². The Morgan fingerprint density at radius 3 is 2.89 bits per heavy atom. The van der Waals surface area contributed by atoms with Crippen LogP contribution in [-0.2, 0) is 4.79 Å². The van der Waals surface area contributed by atoms with Crippen LogP contribution in [0.5, 0.6) is 11.5 Å². The summed E-state index contributed by atoms with van der Waals surface area (Å²) in [5.74, 6) is 2.59. The van der Waals surface area contributed by atoms with Gasteiger partial charge >= 0.3 is 0 Å². The number of benzene rings is 1. The molecule has 1 fully saturated rings. The SMILES string of the molecule is Cc1cc2cc3c(cc2n2c(SCC(=O)N4CCC[C@@H](C)C4)nnc12)OCO3. The molecule has 0 saturated carbocycles. The average molecular weight is 398 g/mol. The molecule has 0 N–H and O–H groups in total. The Hall–Kier alpha value is -2.48. The highest BCUT2D eigenvalue weighted by molar-refractivity contribution is 7.99. The predicted molar refractivity (Wildman–Crippen MR) is 107 cm³/mol. The van der Waals surface area contributed by atoms with Crippen LogP contribution in [0.1, 0.15) is 25.3 Å². The first-order valence-electron chi connectivity index (χ1n) is 9.59. The molecule has 0 spiro atoms. The lowest BCUT2D eigenvalue weighted by Gasteiger charge is -2.30. The zero-order chi connectivity index (χ0) is 19.3. The van der Waals surface area contributed by atoms with E-state index in [1.54, 1.807) is 0 Å². The van der Waals surface area contributed by atoms with Crippen molar-refractivity contribution in [1.82, 2.24) is 19.5 Å². The van der Waals surface area contributed by atoms with Crippen LogP contribution in [0, 0.1) is 12.8 Å². The fourth-order valence-electron chi connectivity index (χ4n) is 4.02. The predicted octanol–water partition coefficient (Wildman–Crippen LogP) is 3.27. The van der Waals surface area contributed by atoms with E-state index < -0.39 is 0 Å². The Bertz CT molecular complexity index is 1080. The van der Waals surface area contributed by atoms with Crippen LogP contribution in [0.25, 0.3) is 16.6 Å². The number of aryl methyl sites for hydroxylation is 1. The number of hydrogen-bond donors (Lipinski definition) is 0. The number of likely N-dealkylation sites (tertiary alicyclic amines) is 1. The molecular weight excluding hydrogens is 376 g/mol. The first-order chi connectivity index (χ1) is 13.6. The van der Waals surface area contributed by atoms with Crippen molar-refractivity contribution >= 4 is 34.2 Å². The van der Waals surface area contributed by atoms with Gasteiger partial charge in [-0.3, -0.25) is 9.20 Å². The molecule has 7 nitrogen and oxygen atoms in total. The summed E-state index contributed by atoms with van der Waals surface area (Å²) in [6.45, 7) is 6.17. The number of ether oxygens (including phenoxy) is 2. The number of pyridine rings is 1. The van der Waals surface area contributed by atoms with Gasteiger partial charge in [0.1, 0.15) is 0 Å². The van der Waals surface area contributed by atoms with Crippen molar-refractivity contribution < 1.29 is 14.3 Å². The van der Waals surface area contributed by atoms with Gasteiger partial charge in [0.25, 0.3) is 0 Å². The van der Waals surface area contributed by atoms with Crippen LogP contribution >= 0.6 is 11.8 Å². The Morgan fingerprint density at radius 1 is 1.25 bits per heavy atom. The van der Waals surface area contributed by atoms with E-state index in [9.17, 15) is 4.79 Å². The second-order valence-electron chi connectivity index (χ2n) is 7.61. The van der Waals surface area contributed by atoms with Crippen molar-refractivity contribution in [3.05, 3.63) is 23.8 Å². The monoisotopic (exact) mass is 398 g/mol. The van der Waals surface area contributed by atoms with Crippen molar-refractivity contribution in [2.24, 2.45) is 5.92 Å². The summed E-state index contributed by atoms with van der Waals surface area (Å²) < 4.78 is 13.1. The van der Waals surface area contributed by atoms with Crippen LogP contribution in [0.15, 0.2) is 23.4 Å². The fraction of sp³-hybridized carbons (Fsp3) is 0.450. The zero-order valence-corrected chi connectivity index (χ0v) is 16.8. The Labute approximate surface area is 167 Å². The van der Waals surface area contributed by atoms with Gasteiger partial charge < -0.3 is 14.4 Å². The van der Waals surface area contributed by atoms with Gasteiger partial charge in [0, 0.05) is 24.5 Å². The molecule has 5 rings (SSSR count). The van der Waals surface area contributed by atoms with Crippen molar-refractivity contribution in [2.45, 2.75) is 31.8 Å². The molecule has 1 amide bonds. The van der Waals surface area contributed by atoms with Gasteiger partial charge in [0.2, 0.25) is 12.7 Å². The number of aromatic nitrogens is 3. The molecule has 0 radical (unpaired) electrons. The number of piperidine rings is 1. The molecule has 8 heteroatoms. The maximum absolute atomic E-state index is 12.7. The highest BCUT2D eigenvalue weighted by atomic mass is 32.2. The zero-order valence-electron chi connectivity index (χ0n) is 16.0. The minimum absolute atomic E-state index is 0.169. The molecule has 1 aromatic carbocycles. The summed E-state index contributed by atoms with van der Waals surface area (Å²) in [6.07, 6.45) is 2.29. The summed E-state index contributed by atoms with van der Waals surface area (Å²) in [5.41, 5.74) is 2.78.